The third kappa shape index (κ3) is 4.53. The Morgan fingerprint density at radius 3 is 2.35 bits per heavy atom. The second-order valence-electron chi connectivity index (χ2n) is 6.05. The molecule has 122 valence electrons. The average molecular weight is 310 g/mol. The zero-order chi connectivity index (χ0) is 15.9. The van der Waals surface area contributed by atoms with Crippen molar-refractivity contribution in [2.45, 2.75) is 20.0 Å². The quantitative estimate of drug-likeness (QED) is 0.888. The Balaban J connectivity index is 1.49. The SMILES string of the molecule is CCNCc1ccc(CN2CCN(c3ccccn3)CC2)cc1. The van der Waals surface area contributed by atoms with E-state index in [9.17, 15) is 0 Å². The lowest BCUT2D eigenvalue weighted by atomic mass is 10.1. The predicted molar refractivity (Wildman–Crippen MR) is 95.5 cm³/mol. The number of benzene rings is 1. The minimum absolute atomic E-state index is 0.958. The first-order chi connectivity index (χ1) is 11.3. The molecule has 1 aliphatic rings. The number of hydrogen-bond acceptors (Lipinski definition) is 4. The van der Waals surface area contributed by atoms with Crippen LogP contribution in [0.4, 0.5) is 5.82 Å². The summed E-state index contributed by atoms with van der Waals surface area (Å²) in [6.07, 6.45) is 1.87. The van der Waals surface area contributed by atoms with Gasteiger partial charge in [-0.15, -0.1) is 0 Å². The highest BCUT2D eigenvalue weighted by molar-refractivity contribution is 5.38. The van der Waals surface area contributed by atoms with Gasteiger partial charge in [-0.25, -0.2) is 4.98 Å². The van der Waals surface area contributed by atoms with Gasteiger partial charge in [0.2, 0.25) is 0 Å². The topological polar surface area (TPSA) is 31.4 Å². The van der Waals surface area contributed by atoms with E-state index in [1.807, 2.05) is 12.3 Å². The van der Waals surface area contributed by atoms with Gasteiger partial charge in [-0.2, -0.15) is 0 Å². The molecular formula is C19H26N4. The zero-order valence-corrected chi connectivity index (χ0v) is 13.9. The number of rotatable bonds is 6. The van der Waals surface area contributed by atoms with Gasteiger partial charge in [0.25, 0.3) is 0 Å². The maximum Gasteiger partial charge on any atom is 0.128 e. The van der Waals surface area contributed by atoms with E-state index in [0.717, 1.165) is 51.6 Å². The van der Waals surface area contributed by atoms with E-state index in [0.29, 0.717) is 0 Å². The summed E-state index contributed by atoms with van der Waals surface area (Å²) in [4.78, 5) is 9.34. The van der Waals surface area contributed by atoms with Crippen LogP contribution in [0.25, 0.3) is 0 Å². The first-order valence-electron chi connectivity index (χ1n) is 8.52. The van der Waals surface area contributed by atoms with Gasteiger partial charge in [-0.3, -0.25) is 4.90 Å². The summed E-state index contributed by atoms with van der Waals surface area (Å²) in [6.45, 7) is 9.44. The van der Waals surface area contributed by atoms with Crippen LogP contribution >= 0.6 is 0 Å². The predicted octanol–water partition coefficient (Wildman–Crippen LogP) is 2.51. The molecule has 1 aliphatic heterocycles. The molecule has 1 N–H and O–H groups in total. The summed E-state index contributed by atoms with van der Waals surface area (Å²) < 4.78 is 0. The number of pyridine rings is 1. The summed E-state index contributed by atoms with van der Waals surface area (Å²) in [5.74, 6) is 1.10. The molecule has 1 saturated heterocycles. The maximum atomic E-state index is 4.45. The molecule has 2 aromatic rings. The van der Waals surface area contributed by atoms with Crippen molar-refractivity contribution in [3.8, 4) is 0 Å². The normalized spacial score (nSPS) is 15.8. The molecule has 1 aromatic heterocycles. The molecule has 23 heavy (non-hydrogen) atoms. The van der Waals surface area contributed by atoms with Crippen molar-refractivity contribution in [2.75, 3.05) is 37.6 Å². The van der Waals surface area contributed by atoms with Crippen LogP contribution in [0.1, 0.15) is 18.1 Å². The van der Waals surface area contributed by atoms with Crippen molar-refractivity contribution in [1.29, 1.82) is 0 Å². The monoisotopic (exact) mass is 310 g/mol. The Morgan fingerprint density at radius 1 is 0.957 bits per heavy atom. The van der Waals surface area contributed by atoms with Crippen LogP contribution < -0.4 is 10.2 Å². The third-order valence-electron chi connectivity index (χ3n) is 4.35. The second kappa shape index (κ2) is 8.09. The van der Waals surface area contributed by atoms with Crippen LogP contribution in [0.3, 0.4) is 0 Å². The number of nitrogens with zero attached hydrogens (tertiary/aromatic N) is 3. The smallest absolute Gasteiger partial charge is 0.128 e. The highest BCUT2D eigenvalue weighted by Crippen LogP contribution is 2.14. The molecule has 0 aliphatic carbocycles. The molecule has 3 rings (SSSR count). The van der Waals surface area contributed by atoms with E-state index in [4.69, 9.17) is 0 Å². The van der Waals surface area contributed by atoms with Gasteiger partial charge in [0.05, 0.1) is 0 Å². The molecule has 0 atom stereocenters. The summed E-state index contributed by atoms with van der Waals surface area (Å²) in [6, 6.07) is 15.1. The van der Waals surface area contributed by atoms with Gasteiger partial charge in [-0.1, -0.05) is 37.3 Å². The van der Waals surface area contributed by atoms with Gasteiger partial charge in [0, 0.05) is 45.5 Å². The lowest BCUT2D eigenvalue weighted by Gasteiger charge is -2.35. The number of piperazine rings is 1. The highest BCUT2D eigenvalue weighted by Gasteiger charge is 2.17. The molecule has 0 amide bonds. The Kier molecular flexibility index (Phi) is 5.61. The molecule has 4 heteroatoms. The van der Waals surface area contributed by atoms with Crippen molar-refractivity contribution in [2.24, 2.45) is 0 Å². The molecule has 1 aromatic carbocycles. The lowest BCUT2D eigenvalue weighted by molar-refractivity contribution is 0.249. The second-order valence-corrected chi connectivity index (χ2v) is 6.05. The van der Waals surface area contributed by atoms with Crippen LogP contribution in [-0.4, -0.2) is 42.6 Å². The van der Waals surface area contributed by atoms with Gasteiger partial charge < -0.3 is 10.2 Å². The number of nitrogens with one attached hydrogen (secondary N) is 1. The van der Waals surface area contributed by atoms with E-state index in [2.05, 4.69) is 63.4 Å². The fourth-order valence-electron chi connectivity index (χ4n) is 2.97. The fourth-order valence-corrected chi connectivity index (χ4v) is 2.97. The van der Waals surface area contributed by atoms with E-state index in [1.165, 1.54) is 11.1 Å². The highest BCUT2D eigenvalue weighted by atomic mass is 15.3. The zero-order valence-electron chi connectivity index (χ0n) is 13.9. The average Bonchev–Trinajstić information content (AvgIpc) is 2.62. The van der Waals surface area contributed by atoms with E-state index >= 15 is 0 Å². The van der Waals surface area contributed by atoms with E-state index in [1.54, 1.807) is 0 Å². The Hall–Kier alpha value is -1.91. The van der Waals surface area contributed by atoms with Gasteiger partial charge >= 0.3 is 0 Å². The molecule has 0 radical (unpaired) electrons. The van der Waals surface area contributed by atoms with Crippen LogP contribution in [0.5, 0.6) is 0 Å². The first-order valence-corrected chi connectivity index (χ1v) is 8.52. The number of hydrogen-bond donors (Lipinski definition) is 1. The van der Waals surface area contributed by atoms with Crippen LogP contribution in [0, 0.1) is 0 Å². The van der Waals surface area contributed by atoms with Crippen molar-refractivity contribution in [3.63, 3.8) is 0 Å². The fraction of sp³-hybridized carbons (Fsp3) is 0.421. The first kappa shape index (κ1) is 16.0. The molecule has 0 spiro atoms. The van der Waals surface area contributed by atoms with E-state index in [-0.39, 0.29) is 0 Å². The number of anilines is 1. The largest absolute Gasteiger partial charge is 0.354 e. The van der Waals surface area contributed by atoms with Crippen LogP contribution in [-0.2, 0) is 13.1 Å². The molecule has 2 heterocycles. The number of aromatic nitrogens is 1. The minimum Gasteiger partial charge on any atom is -0.354 e. The van der Waals surface area contributed by atoms with Crippen LogP contribution in [0.2, 0.25) is 0 Å². The van der Waals surface area contributed by atoms with Gasteiger partial charge in [0.1, 0.15) is 5.82 Å². The van der Waals surface area contributed by atoms with Gasteiger partial charge in [0.15, 0.2) is 0 Å². The summed E-state index contributed by atoms with van der Waals surface area (Å²) in [5.41, 5.74) is 2.76. The summed E-state index contributed by atoms with van der Waals surface area (Å²) in [5, 5.41) is 3.36. The van der Waals surface area contributed by atoms with Crippen LogP contribution in [0.15, 0.2) is 48.7 Å². The summed E-state index contributed by atoms with van der Waals surface area (Å²) in [7, 11) is 0. The van der Waals surface area contributed by atoms with Crippen molar-refractivity contribution >= 4 is 5.82 Å². The molecule has 0 bridgehead atoms. The summed E-state index contributed by atoms with van der Waals surface area (Å²) >= 11 is 0. The molecule has 0 saturated carbocycles. The molecule has 1 fully saturated rings. The standard InChI is InChI=1S/C19H26N4/c1-2-20-15-17-6-8-18(9-7-17)16-22-11-13-23(14-12-22)19-5-3-4-10-21-19/h3-10,20H,2,11-16H2,1H3. The molecular weight excluding hydrogens is 284 g/mol. The molecule has 0 unspecified atom stereocenters. The Morgan fingerprint density at radius 2 is 1.70 bits per heavy atom. The van der Waals surface area contributed by atoms with Crippen molar-refractivity contribution in [3.05, 3.63) is 59.8 Å². The lowest BCUT2D eigenvalue weighted by Crippen LogP contribution is -2.46. The molecule has 4 nitrogen and oxygen atoms in total. The Labute approximate surface area is 139 Å². The minimum atomic E-state index is 0.958. The van der Waals surface area contributed by atoms with Crippen molar-refractivity contribution < 1.29 is 0 Å². The van der Waals surface area contributed by atoms with Crippen molar-refractivity contribution in [1.82, 2.24) is 15.2 Å². The van der Waals surface area contributed by atoms with Gasteiger partial charge in [-0.05, 0) is 29.8 Å². The third-order valence-corrected chi connectivity index (χ3v) is 4.35. The maximum absolute atomic E-state index is 4.45. The van der Waals surface area contributed by atoms with E-state index < -0.39 is 0 Å². The Bertz CT molecular complexity index is 574.